The maximum Gasteiger partial charge on any atom is 0.0404 e. The molecule has 2 aliphatic rings. The lowest BCUT2D eigenvalue weighted by Gasteiger charge is -2.33. The zero-order valence-corrected chi connectivity index (χ0v) is 8.98. The first kappa shape index (κ1) is 9.33. The summed E-state index contributed by atoms with van der Waals surface area (Å²) in [6.07, 6.45) is 8.47. The van der Waals surface area contributed by atoms with Crippen molar-refractivity contribution in [1.29, 1.82) is 0 Å². The molecular weight excluding hydrogens is 180 g/mol. The van der Waals surface area contributed by atoms with Crippen LogP contribution in [0.3, 0.4) is 0 Å². The van der Waals surface area contributed by atoms with Gasteiger partial charge >= 0.3 is 0 Å². The first-order chi connectivity index (χ1) is 6.18. The highest BCUT2D eigenvalue weighted by Crippen LogP contribution is 2.59. The molecule has 2 rings (SSSR count). The Morgan fingerprint density at radius 1 is 1.62 bits per heavy atom. The van der Waals surface area contributed by atoms with Crippen LogP contribution >= 0.6 is 11.6 Å². The van der Waals surface area contributed by atoms with E-state index in [4.69, 9.17) is 11.6 Å². The molecule has 3 atom stereocenters. The Labute approximate surface area is 85.7 Å². The molecule has 72 valence electrons. The molecule has 0 N–H and O–H groups in total. The molecule has 0 nitrogen and oxygen atoms in total. The Balaban J connectivity index is 2.22. The molecule has 0 aromatic carbocycles. The topological polar surface area (TPSA) is 0 Å². The molecule has 0 aromatic rings. The summed E-state index contributed by atoms with van der Waals surface area (Å²) < 4.78 is 0. The van der Waals surface area contributed by atoms with Crippen LogP contribution in [0.1, 0.15) is 26.2 Å². The average molecular weight is 197 g/mol. The molecule has 13 heavy (non-hydrogen) atoms. The van der Waals surface area contributed by atoms with Crippen molar-refractivity contribution in [2.24, 2.45) is 17.3 Å². The normalized spacial score (nSPS) is 43.7. The van der Waals surface area contributed by atoms with Crippen LogP contribution < -0.4 is 0 Å². The number of halogens is 1. The van der Waals surface area contributed by atoms with Crippen molar-refractivity contribution in [3.05, 3.63) is 24.3 Å². The van der Waals surface area contributed by atoms with Crippen LogP contribution in [0.2, 0.25) is 0 Å². The SMILES string of the molecule is C=C1[C@@H]2CC[C@@H](C2)[C@@]1(C)/C=C/CCl. The van der Waals surface area contributed by atoms with Crippen LogP contribution in [0.15, 0.2) is 24.3 Å². The summed E-state index contributed by atoms with van der Waals surface area (Å²) in [5.41, 5.74) is 1.71. The van der Waals surface area contributed by atoms with Gasteiger partial charge in [-0.15, -0.1) is 11.6 Å². The summed E-state index contributed by atoms with van der Waals surface area (Å²) in [6, 6.07) is 0. The standard InChI is InChI=1S/C12H17Cl/c1-9-10-4-5-11(8-10)12(9,2)6-3-7-13/h3,6,10-11H,1,4-5,7-8H2,2H3/b6-3+/t10-,11+,12+/m1/s1. The summed E-state index contributed by atoms with van der Waals surface area (Å²) in [4.78, 5) is 0. The molecule has 1 heteroatoms. The molecular formula is C12H17Cl. The van der Waals surface area contributed by atoms with Crippen LogP contribution in [0.4, 0.5) is 0 Å². The highest BCUT2D eigenvalue weighted by atomic mass is 35.5. The predicted molar refractivity (Wildman–Crippen MR) is 57.9 cm³/mol. The van der Waals surface area contributed by atoms with E-state index in [0.717, 1.165) is 11.8 Å². The fraction of sp³-hybridized carbons (Fsp3) is 0.667. The minimum absolute atomic E-state index is 0.262. The van der Waals surface area contributed by atoms with Gasteiger partial charge in [0.05, 0.1) is 0 Å². The number of hydrogen-bond donors (Lipinski definition) is 0. The number of allylic oxidation sites excluding steroid dienone is 3. The number of alkyl halides is 1. The third kappa shape index (κ3) is 1.27. The molecule has 2 bridgehead atoms. The van der Waals surface area contributed by atoms with Gasteiger partial charge in [0.2, 0.25) is 0 Å². The largest absolute Gasteiger partial charge is 0.122 e. The zero-order chi connectivity index (χ0) is 9.47. The Morgan fingerprint density at radius 3 is 2.92 bits per heavy atom. The summed E-state index contributed by atoms with van der Waals surface area (Å²) in [7, 11) is 0. The van der Waals surface area contributed by atoms with Gasteiger partial charge in [0.15, 0.2) is 0 Å². The first-order valence-electron chi connectivity index (χ1n) is 5.11. The summed E-state index contributed by atoms with van der Waals surface area (Å²) in [5.74, 6) is 2.26. The van der Waals surface area contributed by atoms with E-state index < -0.39 is 0 Å². The van der Waals surface area contributed by atoms with E-state index in [1.165, 1.54) is 24.8 Å². The number of fused-ring (bicyclic) bond motifs is 2. The van der Waals surface area contributed by atoms with Crippen molar-refractivity contribution in [3.63, 3.8) is 0 Å². The fourth-order valence-corrected chi connectivity index (χ4v) is 3.17. The van der Waals surface area contributed by atoms with Crippen molar-refractivity contribution >= 4 is 11.6 Å². The Hall–Kier alpha value is -0.230. The lowest BCUT2D eigenvalue weighted by molar-refractivity contribution is 0.332. The fourth-order valence-electron chi connectivity index (χ4n) is 3.08. The minimum Gasteiger partial charge on any atom is -0.122 e. The zero-order valence-electron chi connectivity index (χ0n) is 8.22. The molecule has 2 fully saturated rings. The van der Waals surface area contributed by atoms with E-state index in [2.05, 4.69) is 25.7 Å². The molecule has 0 aliphatic heterocycles. The molecule has 0 amide bonds. The lowest BCUT2D eigenvalue weighted by Crippen LogP contribution is -2.23. The van der Waals surface area contributed by atoms with Crippen LogP contribution in [0.25, 0.3) is 0 Å². The molecule has 2 saturated carbocycles. The molecule has 0 spiro atoms. The molecule has 0 heterocycles. The van der Waals surface area contributed by atoms with E-state index in [9.17, 15) is 0 Å². The van der Waals surface area contributed by atoms with E-state index in [0.29, 0.717) is 5.88 Å². The lowest BCUT2D eigenvalue weighted by atomic mass is 9.72. The van der Waals surface area contributed by atoms with Gasteiger partial charge in [-0.1, -0.05) is 31.2 Å². The van der Waals surface area contributed by atoms with Gasteiger partial charge in [-0.2, -0.15) is 0 Å². The van der Waals surface area contributed by atoms with E-state index >= 15 is 0 Å². The Morgan fingerprint density at radius 2 is 2.38 bits per heavy atom. The van der Waals surface area contributed by atoms with E-state index in [1.807, 2.05) is 0 Å². The molecule has 0 radical (unpaired) electrons. The average Bonchev–Trinajstić information content (AvgIpc) is 2.68. The van der Waals surface area contributed by atoms with Crippen LogP contribution in [-0.2, 0) is 0 Å². The maximum atomic E-state index is 5.68. The highest BCUT2D eigenvalue weighted by Gasteiger charge is 2.49. The van der Waals surface area contributed by atoms with Crippen molar-refractivity contribution in [1.82, 2.24) is 0 Å². The van der Waals surface area contributed by atoms with Gasteiger partial charge in [-0.05, 0) is 31.1 Å². The van der Waals surface area contributed by atoms with E-state index in [-0.39, 0.29) is 5.41 Å². The summed E-state index contributed by atoms with van der Waals surface area (Å²) in [5, 5.41) is 0. The highest BCUT2D eigenvalue weighted by molar-refractivity contribution is 6.18. The first-order valence-corrected chi connectivity index (χ1v) is 5.65. The van der Waals surface area contributed by atoms with Crippen LogP contribution in [0, 0.1) is 17.3 Å². The second kappa shape index (κ2) is 3.16. The van der Waals surface area contributed by atoms with Gasteiger partial charge in [-0.25, -0.2) is 0 Å². The predicted octanol–water partition coefficient (Wildman–Crippen LogP) is 3.77. The maximum absolute atomic E-state index is 5.68. The van der Waals surface area contributed by atoms with Crippen molar-refractivity contribution < 1.29 is 0 Å². The second-order valence-corrected chi connectivity index (χ2v) is 4.88. The van der Waals surface area contributed by atoms with Crippen molar-refractivity contribution in [2.45, 2.75) is 26.2 Å². The molecule has 0 saturated heterocycles. The third-order valence-corrected chi connectivity index (χ3v) is 4.20. The van der Waals surface area contributed by atoms with Gasteiger partial charge in [0.25, 0.3) is 0 Å². The summed E-state index contributed by atoms with van der Waals surface area (Å²) >= 11 is 5.68. The molecule has 0 unspecified atom stereocenters. The van der Waals surface area contributed by atoms with Crippen LogP contribution in [0.5, 0.6) is 0 Å². The number of rotatable bonds is 2. The van der Waals surface area contributed by atoms with Gasteiger partial charge in [0.1, 0.15) is 0 Å². The Bertz CT molecular complexity index is 254. The smallest absolute Gasteiger partial charge is 0.0404 e. The summed E-state index contributed by atoms with van der Waals surface area (Å²) in [6.45, 7) is 6.57. The second-order valence-electron chi connectivity index (χ2n) is 4.57. The van der Waals surface area contributed by atoms with Gasteiger partial charge < -0.3 is 0 Å². The molecule has 2 aliphatic carbocycles. The number of hydrogen-bond acceptors (Lipinski definition) is 0. The Kier molecular flexibility index (Phi) is 2.27. The van der Waals surface area contributed by atoms with Crippen molar-refractivity contribution in [3.8, 4) is 0 Å². The minimum atomic E-state index is 0.262. The van der Waals surface area contributed by atoms with E-state index in [1.54, 1.807) is 0 Å². The molecule has 0 aromatic heterocycles. The monoisotopic (exact) mass is 196 g/mol. The van der Waals surface area contributed by atoms with Gasteiger partial charge in [0, 0.05) is 11.3 Å². The van der Waals surface area contributed by atoms with Crippen molar-refractivity contribution in [2.75, 3.05) is 5.88 Å². The third-order valence-electron chi connectivity index (χ3n) is 4.02. The van der Waals surface area contributed by atoms with Gasteiger partial charge in [-0.3, -0.25) is 0 Å². The van der Waals surface area contributed by atoms with Crippen LogP contribution in [-0.4, -0.2) is 5.88 Å². The quantitative estimate of drug-likeness (QED) is 0.466.